The van der Waals surface area contributed by atoms with Crippen LogP contribution in [0.3, 0.4) is 0 Å². The number of alkyl halides is 3. The van der Waals surface area contributed by atoms with Gasteiger partial charge in [0.1, 0.15) is 6.04 Å². The molecule has 1 atom stereocenters. The Labute approximate surface area is 112 Å². The number of carbonyl (C=O) groups excluding carboxylic acids is 1. The predicted octanol–water partition coefficient (Wildman–Crippen LogP) is 2.56. The second-order valence-electron chi connectivity index (χ2n) is 4.27. The van der Waals surface area contributed by atoms with Crippen molar-refractivity contribution in [1.82, 2.24) is 9.36 Å². The van der Waals surface area contributed by atoms with Crippen molar-refractivity contribution in [2.75, 3.05) is 12.4 Å². The van der Waals surface area contributed by atoms with Crippen LogP contribution in [0.1, 0.15) is 26.1 Å². The van der Waals surface area contributed by atoms with Crippen LogP contribution in [0.5, 0.6) is 0 Å². The SMILES string of the molecule is COC(=O)C(CC(C)C)Nc1nc(C(F)(F)F)ns1. The van der Waals surface area contributed by atoms with Crippen molar-refractivity contribution in [2.45, 2.75) is 32.5 Å². The summed E-state index contributed by atoms with van der Waals surface area (Å²) < 4.78 is 44.8. The van der Waals surface area contributed by atoms with Crippen molar-refractivity contribution >= 4 is 22.6 Å². The number of carbonyl (C=O) groups is 1. The molecule has 0 radical (unpaired) electrons. The van der Waals surface area contributed by atoms with Gasteiger partial charge in [0.25, 0.3) is 0 Å². The quantitative estimate of drug-likeness (QED) is 0.846. The van der Waals surface area contributed by atoms with Crippen LogP contribution >= 0.6 is 11.5 Å². The summed E-state index contributed by atoms with van der Waals surface area (Å²) in [7, 11) is 1.22. The fourth-order valence-electron chi connectivity index (χ4n) is 1.37. The van der Waals surface area contributed by atoms with Gasteiger partial charge in [-0.05, 0) is 12.3 Å². The highest BCUT2D eigenvalue weighted by Crippen LogP contribution is 2.29. The zero-order valence-electron chi connectivity index (χ0n) is 10.6. The molecule has 0 bridgehead atoms. The molecule has 19 heavy (non-hydrogen) atoms. The van der Waals surface area contributed by atoms with Gasteiger partial charge in [0.2, 0.25) is 11.0 Å². The average Bonchev–Trinajstić information content (AvgIpc) is 2.74. The number of esters is 1. The zero-order chi connectivity index (χ0) is 14.6. The van der Waals surface area contributed by atoms with Crippen LogP contribution in [0.4, 0.5) is 18.3 Å². The molecule has 1 heterocycles. The number of hydrogen-bond acceptors (Lipinski definition) is 6. The molecule has 0 spiro atoms. The van der Waals surface area contributed by atoms with Gasteiger partial charge in [-0.1, -0.05) is 13.8 Å². The first-order valence-corrected chi connectivity index (χ1v) is 6.26. The van der Waals surface area contributed by atoms with E-state index >= 15 is 0 Å². The number of rotatable bonds is 5. The topological polar surface area (TPSA) is 64.1 Å². The van der Waals surface area contributed by atoms with E-state index in [2.05, 4.69) is 19.4 Å². The van der Waals surface area contributed by atoms with E-state index in [-0.39, 0.29) is 11.0 Å². The Hall–Kier alpha value is -1.38. The number of hydrogen-bond donors (Lipinski definition) is 1. The summed E-state index contributed by atoms with van der Waals surface area (Å²) in [6.45, 7) is 3.78. The van der Waals surface area contributed by atoms with Crippen molar-refractivity contribution in [2.24, 2.45) is 5.92 Å². The minimum atomic E-state index is -4.59. The maximum absolute atomic E-state index is 12.3. The Morgan fingerprint density at radius 2 is 2.11 bits per heavy atom. The van der Waals surface area contributed by atoms with Gasteiger partial charge in [0.15, 0.2) is 0 Å². The molecular formula is C10H14F3N3O2S. The van der Waals surface area contributed by atoms with Gasteiger partial charge in [-0.25, -0.2) is 4.79 Å². The molecular weight excluding hydrogens is 283 g/mol. The molecule has 0 saturated carbocycles. The first-order valence-electron chi connectivity index (χ1n) is 5.49. The summed E-state index contributed by atoms with van der Waals surface area (Å²) in [5.41, 5.74) is 0. The lowest BCUT2D eigenvalue weighted by atomic mass is 10.0. The Morgan fingerprint density at radius 1 is 1.47 bits per heavy atom. The second kappa shape index (κ2) is 6.18. The molecule has 1 N–H and O–H groups in total. The molecule has 0 aliphatic carbocycles. The van der Waals surface area contributed by atoms with Gasteiger partial charge in [-0.3, -0.25) is 0 Å². The molecule has 1 unspecified atom stereocenters. The smallest absolute Gasteiger partial charge is 0.452 e. The Morgan fingerprint density at radius 3 is 2.53 bits per heavy atom. The first kappa shape index (κ1) is 15.7. The standard InChI is InChI=1S/C10H14F3N3O2S/c1-5(2)4-6(7(17)18-3)14-9-15-8(16-19-9)10(11,12)13/h5-6H,4H2,1-3H3,(H,14,15,16). The van der Waals surface area contributed by atoms with Crippen LogP contribution < -0.4 is 5.32 Å². The summed E-state index contributed by atoms with van der Waals surface area (Å²) in [4.78, 5) is 14.8. The van der Waals surface area contributed by atoms with E-state index in [1.54, 1.807) is 0 Å². The number of aromatic nitrogens is 2. The van der Waals surface area contributed by atoms with Gasteiger partial charge < -0.3 is 10.1 Å². The molecule has 1 rings (SSSR count). The number of nitrogens with zero attached hydrogens (tertiary/aromatic N) is 2. The third-order valence-corrected chi connectivity index (χ3v) is 2.82. The van der Waals surface area contributed by atoms with E-state index in [0.29, 0.717) is 18.0 Å². The Bertz CT molecular complexity index is 434. The van der Waals surface area contributed by atoms with E-state index < -0.39 is 24.0 Å². The number of halogens is 3. The largest absolute Gasteiger partial charge is 0.467 e. The highest BCUT2D eigenvalue weighted by atomic mass is 32.1. The number of methoxy groups -OCH3 is 1. The molecule has 1 aromatic heterocycles. The van der Waals surface area contributed by atoms with Crippen LogP contribution in [0.25, 0.3) is 0 Å². The average molecular weight is 297 g/mol. The van der Waals surface area contributed by atoms with Crippen LogP contribution in [-0.2, 0) is 15.7 Å². The maximum atomic E-state index is 12.3. The lowest BCUT2D eigenvalue weighted by Crippen LogP contribution is -2.32. The fraction of sp³-hybridized carbons (Fsp3) is 0.700. The third-order valence-electron chi connectivity index (χ3n) is 2.17. The van der Waals surface area contributed by atoms with E-state index in [4.69, 9.17) is 0 Å². The number of nitrogens with one attached hydrogen (secondary N) is 1. The molecule has 1 aromatic rings. The summed E-state index contributed by atoms with van der Waals surface area (Å²) in [5, 5.41) is 2.57. The Kier molecular flexibility index (Phi) is 5.10. The van der Waals surface area contributed by atoms with Crippen LogP contribution in [-0.4, -0.2) is 28.5 Å². The van der Waals surface area contributed by atoms with E-state index in [0.717, 1.165) is 0 Å². The fourth-order valence-corrected chi connectivity index (χ4v) is 2.01. The molecule has 0 aromatic carbocycles. The van der Waals surface area contributed by atoms with Crippen molar-refractivity contribution in [1.29, 1.82) is 0 Å². The summed E-state index contributed by atoms with van der Waals surface area (Å²) in [5.74, 6) is -1.59. The van der Waals surface area contributed by atoms with Crippen molar-refractivity contribution in [3.05, 3.63) is 5.82 Å². The molecule has 0 aliphatic rings. The van der Waals surface area contributed by atoms with Gasteiger partial charge in [0, 0.05) is 11.5 Å². The zero-order valence-corrected chi connectivity index (χ0v) is 11.4. The summed E-state index contributed by atoms with van der Waals surface area (Å²) >= 11 is 0.560. The van der Waals surface area contributed by atoms with Crippen molar-refractivity contribution in [3.63, 3.8) is 0 Å². The molecule has 0 amide bonds. The first-order chi connectivity index (χ1) is 8.74. The summed E-state index contributed by atoms with van der Waals surface area (Å²) in [6, 6.07) is -0.737. The lowest BCUT2D eigenvalue weighted by Gasteiger charge is -2.17. The van der Waals surface area contributed by atoms with E-state index in [1.165, 1.54) is 7.11 Å². The van der Waals surface area contributed by atoms with Crippen molar-refractivity contribution < 1.29 is 22.7 Å². The Balaban J connectivity index is 2.79. The lowest BCUT2D eigenvalue weighted by molar-refractivity contribution is -0.144. The number of anilines is 1. The second-order valence-corrected chi connectivity index (χ2v) is 5.02. The molecule has 0 aliphatic heterocycles. The van der Waals surface area contributed by atoms with Crippen LogP contribution in [0.2, 0.25) is 0 Å². The van der Waals surface area contributed by atoms with E-state index in [1.807, 2.05) is 13.8 Å². The molecule has 108 valence electrons. The monoisotopic (exact) mass is 297 g/mol. The minimum Gasteiger partial charge on any atom is -0.467 e. The van der Waals surface area contributed by atoms with E-state index in [9.17, 15) is 18.0 Å². The van der Waals surface area contributed by atoms with Gasteiger partial charge in [-0.15, -0.1) is 0 Å². The molecule has 9 heteroatoms. The molecule has 0 fully saturated rings. The van der Waals surface area contributed by atoms with Gasteiger partial charge in [-0.2, -0.15) is 22.5 Å². The minimum absolute atomic E-state index is 0.0524. The van der Waals surface area contributed by atoms with Crippen LogP contribution in [0.15, 0.2) is 0 Å². The van der Waals surface area contributed by atoms with Crippen molar-refractivity contribution in [3.8, 4) is 0 Å². The van der Waals surface area contributed by atoms with Crippen LogP contribution in [0, 0.1) is 5.92 Å². The van der Waals surface area contributed by atoms with Gasteiger partial charge in [0.05, 0.1) is 7.11 Å². The molecule has 0 saturated heterocycles. The predicted molar refractivity (Wildman–Crippen MR) is 63.8 cm³/mol. The highest BCUT2D eigenvalue weighted by Gasteiger charge is 2.36. The van der Waals surface area contributed by atoms with Gasteiger partial charge >= 0.3 is 12.1 Å². The normalized spacial score (nSPS) is 13.4. The molecule has 5 nitrogen and oxygen atoms in total. The third kappa shape index (κ3) is 4.66. The number of ether oxygens (including phenoxy) is 1. The summed E-state index contributed by atoms with van der Waals surface area (Å²) in [6.07, 6.45) is -4.16. The maximum Gasteiger partial charge on any atom is 0.452 e. The highest BCUT2D eigenvalue weighted by molar-refractivity contribution is 7.09.